The number of benzene rings is 1. The van der Waals surface area contributed by atoms with Crippen LogP contribution in [0.15, 0.2) is 36.4 Å². The molecular formula is C21H23N5O3. The molecule has 1 aliphatic heterocycles. The number of hydrogen-bond acceptors (Lipinski definition) is 5. The Kier molecular flexibility index (Phi) is 6.29. The van der Waals surface area contributed by atoms with E-state index in [2.05, 4.69) is 10.3 Å². The number of hydrogen-bond donors (Lipinski definition) is 2. The molecule has 2 N–H and O–H groups in total. The van der Waals surface area contributed by atoms with Crippen LogP contribution >= 0.6 is 0 Å². The molecule has 0 saturated carbocycles. The molecule has 2 heterocycles. The largest absolute Gasteiger partial charge is 0.478 e. The summed E-state index contributed by atoms with van der Waals surface area (Å²) in [5, 5.41) is 21.6. The summed E-state index contributed by atoms with van der Waals surface area (Å²) in [4.78, 5) is 31.9. The Morgan fingerprint density at radius 1 is 1.21 bits per heavy atom. The number of nitriles is 1. The van der Waals surface area contributed by atoms with Gasteiger partial charge in [-0.1, -0.05) is 30.3 Å². The van der Waals surface area contributed by atoms with Gasteiger partial charge in [0.1, 0.15) is 11.9 Å². The van der Waals surface area contributed by atoms with Crippen molar-refractivity contribution in [3.05, 3.63) is 58.8 Å². The van der Waals surface area contributed by atoms with Crippen LogP contribution in [0.5, 0.6) is 0 Å². The average Bonchev–Trinajstić information content (AvgIpc) is 2.98. The highest BCUT2D eigenvalue weighted by Gasteiger charge is 2.23. The normalized spacial score (nSPS) is 14.1. The van der Waals surface area contributed by atoms with E-state index in [0.29, 0.717) is 44.2 Å². The zero-order chi connectivity index (χ0) is 20.8. The highest BCUT2D eigenvalue weighted by atomic mass is 16.4. The van der Waals surface area contributed by atoms with Gasteiger partial charge in [0.2, 0.25) is 0 Å². The van der Waals surface area contributed by atoms with Gasteiger partial charge in [-0.2, -0.15) is 5.26 Å². The molecular weight excluding hydrogens is 370 g/mol. The summed E-state index contributed by atoms with van der Waals surface area (Å²) in [6.07, 6.45) is 0.727. The number of aromatic carboxylic acids is 1. The van der Waals surface area contributed by atoms with Crippen molar-refractivity contribution >= 4 is 17.8 Å². The predicted octanol–water partition coefficient (Wildman–Crippen LogP) is 2.38. The topological polar surface area (TPSA) is 110 Å². The molecule has 29 heavy (non-hydrogen) atoms. The fourth-order valence-electron chi connectivity index (χ4n) is 3.35. The highest BCUT2D eigenvalue weighted by Crippen LogP contribution is 2.22. The van der Waals surface area contributed by atoms with E-state index in [4.69, 9.17) is 0 Å². The van der Waals surface area contributed by atoms with Crippen LogP contribution < -0.4 is 10.2 Å². The molecule has 2 aromatic rings. The number of carboxylic acid groups (broad SMARTS) is 1. The van der Waals surface area contributed by atoms with Crippen LogP contribution in [0.4, 0.5) is 10.6 Å². The van der Waals surface area contributed by atoms with Gasteiger partial charge in [0.15, 0.2) is 0 Å². The lowest BCUT2D eigenvalue weighted by atomic mass is 10.1. The Morgan fingerprint density at radius 3 is 2.66 bits per heavy atom. The monoisotopic (exact) mass is 393 g/mol. The van der Waals surface area contributed by atoms with Crippen molar-refractivity contribution in [2.45, 2.75) is 19.9 Å². The second kappa shape index (κ2) is 9.06. The van der Waals surface area contributed by atoms with Crippen molar-refractivity contribution in [1.82, 2.24) is 15.2 Å². The molecule has 2 amide bonds. The minimum atomic E-state index is -1.10. The number of aryl methyl sites for hydroxylation is 1. The van der Waals surface area contributed by atoms with Gasteiger partial charge in [-0.15, -0.1) is 0 Å². The van der Waals surface area contributed by atoms with Crippen molar-refractivity contribution in [2.24, 2.45) is 0 Å². The van der Waals surface area contributed by atoms with Gasteiger partial charge in [0.05, 0.1) is 16.8 Å². The third kappa shape index (κ3) is 4.82. The summed E-state index contributed by atoms with van der Waals surface area (Å²) in [7, 11) is 0. The first-order chi connectivity index (χ1) is 14.0. The number of nitrogens with one attached hydrogen (secondary N) is 1. The lowest BCUT2D eigenvalue weighted by molar-refractivity contribution is 0.0695. The number of carboxylic acids is 1. The maximum atomic E-state index is 12.5. The van der Waals surface area contributed by atoms with Gasteiger partial charge in [-0.3, -0.25) is 0 Å². The lowest BCUT2D eigenvalue weighted by Crippen LogP contribution is -2.41. The molecule has 3 rings (SSSR count). The number of pyridine rings is 1. The van der Waals surface area contributed by atoms with Crippen LogP contribution in [0, 0.1) is 18.3 Å². The Balaban J connectivity index is 1.67. The fourth-order valence-corrected chi connectivity index (χ4v) is 3.35. The van der Waals surface area contributed by atoms with Crippen LogP contribution in [0.1, 0.15) is 33.6 Å². The number of rotatable bonds is 4. The first-order valence-electron chi connectivity index (χ1n) is 9.46. The lowest BCUT2D eigenvalue weighted by Gasteiger charge is -2.24. The van der Waals surface area contributed by atoms with Gasteiger partial charge < -0.3 is 20.2 Å². The molecule has 1 aliphatic rings. The Hall–Kier alpha value is -3.60. The van der Waals surface area contributed by atoms with Crippen molar-refractivity contribution in [3.8, 4) is 6.07 Å². The third-order valence-corrected chi connectivity index (χ3v) is 4.91. The molecule has 0 unspecified atom stereocenters. The summed E-state index contributed by atoms with van der Waals surface area (Å²) in [6, 6.07) is 13.0. The first-order valence-corrected chi connectivity index (χ1v) is 9.46. The fraction of sp³-hybridized carbons (Fsp3) is 0.333. The zero-order valence-electron chi connectivity index (χ0n) is 16.3. The van der Waals surface area contributed by atoms with Gasteiger partial charge in [0, 0.05) is 32.7 Å². The summed E-state index contributed by atoms with van der Waals surface area (Å²) >= 11 is 0. The number of carbonyl (C=O) groups excluding carboxylic acids is 1. The molecule has 1 aromatic heterocycles. The summed E-state index contributed by atoms with van der Waals surface area (Å²) in [5.41, 5.74) is 1.67. The van der Waals surface area contributed by atoms with Crippen LogP contribution in [0.25, 0.3) is 0 Å². The molecule has 8 heteroatoms. The number of carbonyl (C=O) groups is 2. The number of amides is 2. The average molecular weight is 393 g/mol. The molecule has 0 spiro atoms. The van der Waals surface area contributed by atoms with E-state index in [1.165, 1.54) is 6.07 Å². The molecule has 8 nitrogen and oxygen atoms in total. The molecule has 0 atom stereocenters. The van der Waals surface area contributed by atoms with Gasteiger partial charge in [-0.25, -0.2) is 14.6 Å². The van der Waals surface area contributed by atoms with Crippen LogP contribution in [-0.2, 0) is 6.54 Å². The van der Waals surface area contributed by atoms with Crippen LogP contribution in [0.3, 0.4) is 0 Å². The second-order valence-electron chi connectivity index (χ2n) is 6.88. The number of nitrogens with zero attached hydrogens (tertiary/aromatic N) is 4. The third-order valence-electron chi connectivity index (χ3n) is 4.91. The van der Waals surface area contributed by atoms with Gasteiger partial charge in [-0.05, 0) is 25.0 Å². The van der Waals surface area contributed by atoms with Crippen LogP contribution in [-0.4, -0.2) is 53.2 Å². The van der Waals surface area contributed by atoms with E-state index in [1.54, 1.807) is 11.8 Å². The standard InChI is InChI=1S/C21H23N5O3/c1-15-18(20(27)28)12-17(13-22)19(24-15)25-8-5-9-26(11-10-25)21(29)23-14-16-6-3-2-4-7-16/h2-4,6-7,12H,5,8-11,14H2,1H3,(H,23,29)(H,27,28). The van der Waals surface area contributed by atoms with Gasteiger partial charge in [0.25, 0.3) is 0 Å². The van der Waals surface area contributed by atoms with E-state index in [9.17, 15) is 20.0 Å². The molecule has 0 bridgehead atoms. The summed E-state index contributed by atoms with van der Waals surface area (Å²) in [5.74, 6) is -0.628. The molecule has 150 valence electrons. The maximum Gasteiger partial charge on any atom is 0.337 e. The van der Waals surface area contributed by atoms with Crippen molar-refractivity contribution in [2.75, 3.05) is 31.1 Å². The van der Waals surface area contributed by atoms with Crippen molar-refractivity contribution < 1.29 is 14.7 Å². The summed E-state index contributed by atoms with van der Waals surface area (Å²) < 4.78 is 0. The van der Waals surface area contributed by atoms with Gasteiger partial charge >= 0.3 is 12.0 Å². The quantitative estimate of drug-likeness (QED) is 0.825. The van der Waals surface area contributed by atoms with E-state index in [1.807, 2.05) is 41.3 Å². The molecule has 1 fully saturated rings. The first kappa shape index (κ1) is 20.1. The van der Waals surface area contributed by atoms with E-state index in [0.717, 1.165) is 12.0 Å². The van der Waals surface area contributed by atoms with Crippen LogP contribution in [0.2, 0.25) is 0 Å². The smallest absolute Gasteiger partial charge is 0.337 e. The van der Waals surface area contributed by atoms with Crippen molar-refractivity contribution in [3.63, 3.8) is 0 Å². The Morgan fingerprint density at radius 2 is 1.97 bits per heavy atom. The number of urea groups is 1. The molecule has 0 radical (unpaired) electrons. The maximum absolute atomic E-state index is 12.5. The second-order valence-corrected chi connectivity index (χ2v) is 6.88. The molecule has 1 aromatic carbocycles. The minimum Gasteiger partial charge on any atom is -0.478 e. The molecule has 1 saturated heterocycles. The summed E-state index contributed by atoms with van der Waals surface area (Å²) in [6.45, 7) is 4.34. The van der Waals surface area contributed by atoms with E-state index < -0.39 is 5.97 Å². The SMILES string of the molecule is Cc1nc(N2CCCN(C(=O)NCc3ccccc3)CC2)c(C#N)cc1C(=O)O. The Bertz CT molecular complexity index is 939. The zero-order valence-corrected chi connectivity index (χ0v) is 16.3. The van der Waals surface area contributed by atoms with E-state index in [-0.39, 0.29) is 17.2 Å². The highest BCUT2D eigenvalue weighted by molar-refractivity contribution is 5.90. The molecule has 0 aliphatic carbocycles. The Labute approximate surface area is 169 Å². The van der Waals surface area contributed by atoms with E-state index >= 15 is 0 Å². The number of aromatic nitrogens is 1. The minimum absolute atomic E-state index is 0.0297. The number of anilines is 1. The predicted molar refractivity (Wildman–Crippen MR) is 108 cm³/mol. The van der Waals surface area contributed by atoms with Crippen molar-refractivity contribution in [1.29, 1.82) is 5.26 Å².